The number of rotatable bonds is 11. The van der Waals surface area contributed by atoms with Gasteiger partial charge in [0.1, 0.15) is 36.3 Å². The monoisotopic (exact) mass is 820 g/mol. The summed E-state index contributed by atoms with van der Waals surface area (Å²) in [5.74, 6) is -3.79. The van der Waals surface area contributed by atoms with E-state index in [2.05, 4.69) is 26.3 Å². The van der Waals surface area contributed by atoms with Crippen molar-refractivity contribution in [3.8, 4) is 0 Å². The minimum atomic E-state index is -1.50. The predicted octanol–water partition coefficient (Wildman–Crippen LogP) is 1.48. The van der Waals surface area contributed by atoms with Crippen LogP contribution in [0.5, 0.6) is 0 Å². The number of likely N-dealkylation sites (N-methyl/N-ethyl adjacent to an activating group) is 1. The molecule has 2 aliphatic heterocycles. The van der Waals surface area contributed by atoms with Gasteiger partial charge in [0.15, 0.2) is 0 Å². The summed E-state index contributed by atoms with van der Waals surface area (Å²) in [6, 6.07) is 18.6. The van der Waals surface area contributed by atoms with E-state index in [1.165, 1.54) is 23.8 Å². The SMILES string of the molecule is C[C@@H](O)[C@@H]1NC(=O)[C@H](CCCCN)NC(=O)[C@@H](Cc2c[nH]c3ccccc23)NC(=O)[C@H](Cc2ccccc2)NC(=O)[C@@H]2CCCN2C(=O)[C@H](Cc2ccccc2)N(C)C1=O. The lowest BCUT2D eigenvalue weighted by Crippen LogP contribution is -2.63. The van der Waals surface area contributed by atoms with E-state index in [1.807, 2.05) is 84.9 Å². The number of aliphatic hydroxyl groups is 1. The molecule has 2 fully saturated rings. The number of unbranched alkanes of at least 4 members (excludes halogenated alkanes) is 1. The number of carbonyl (C=O) groups is 6. The highest BCUT2D eigenvalue weighted by Crippen LogP contribution is 2.24. The molecule has 2 saturated heterocycles. The minimum absolute atomic E-state index is 0.0258. The first-order chi connectivity index (χ1) is 28.9. The third-order valence-electron chi connectivity index (χ3n) is 11.5. The minimum Gasteiger partial charge on any atom is -0.391 e. The maximum atomic E-state index is 14.7. The molecule has 2 aliphatic rings. The van der Waals surface area contributed by atoms with E-state index in [0.29, 0.717) is 32.2 Å². The molecule has 6 amide bonds. The average Bonchev–Trinajstić information content (AvgIpc) is 3.91. The number of nitrogens with zero attached hydrogens (tertiary/aromatic N) is 2. The molecule has 60 heavy (non-hydrogen) atoms. The molecule has 15 heteroatoms. The van der Waals surface area contributed by atoms with Gasteiger partial charge in [-0.2, -0.15) is 0 Å². The lowest BCUT2D eigenvalue weighted by Gasteiger charge is -2.36. The molecule has 0 radical (unpaired) electrons. The van der Waals surface area contributed by atoms with Crippen molar-refractivity contribution in [1.29, 1.82) is 0 Å². The van der Waals surface area contributed by atoms with E-state index in [4.69, 9.17) is 5.73 Å². The second-order valence-corrected chi connectivity index (χ2v) is 15.8. The summed E-state index contributed by atoms with van der Waals surface area (Å²) < 4.78 is 0. The van der Waals surface area contributed by atoms with Gasteiger partial charge in [0.2, 0.25) is 35.4 Å². The van der Waals surface area contributed by atoms with Crippen LogP contribution in [0, 0.1) is 0 Å². The number of aromatic nitrogens is 1. The summed E-state index contributed by atoms with van der Waals surface area (Å²) in [6.07, 6.45) is 2.49. The number of aromatic amines is 1. The Bertz CT molecular complexity index is 2130. The summed E-state index contributed by atoms with van der Waals surface area (Å²) in [6.45, 7) is 1.93. The molecule has 7 atom stereocenters. The number of nitrogens with one attached hydrogen (secondary N) is 5. The quantitative estimate of drug-likeness (QED) is 0.110. The fourth-order valence-electron chi connectivity index (χ4n) is 8.10. The van der Waals surface area contributed by atoms with Crippen LogP contribution in [0.3, 0.4) is 0 Å². The third kappa shape index (κ3) is 10.6. The van der Waals surface area contributed by atoms with Crippen molar-refractivity contribution in [2.24, 2.45) is 5.73 Å². The Labute approximate surface area is 349 Å². The molecule has 318 valence electrons. The zero-order valence-electron chi connectivity index (χ0n) is 34.1. The van der Waals surface area contributed by atoms with Gasteiger partial charge in [-0.1, -0.05) is 78.9 Å². The van der Waals surface area contributed by atoms with Crippen LogP contribution in [0.4, 0.5) is 0 Å². The summed E-state index contributed by atoms with van der Waals surface area (Å²) in [5.41, 5.74) is 8.85. The van der Waals surface area contributed by atoms with Gasteiger partial charge in [-0.05, 0) is 68.3 Å². The highest BCUT2D eigenvalue weighted by molar-refractivity contribution is 5.99. The van der Waals surface area contributed by atoms with E-state index in [-0.39, 0.29) is 32.2 Å². The lowest BCUT2D eigenvalue weighted by molar-refractivity contribution is -0.150. The first-order valence-electron chi connectivity index (χ1n) is 20.7. The molecule has 0 unspecified atom stereocenters. The Kier molecular flexibility index (Phi) is 14.7. The fourth-order valence-corrected chi connectivity index (χ4v) is 8.10. The predicted molar refractivity (Wildman–Crippen MR) is 226 cm³/mol. The van der Waals surface area contributed by atoms with Crippen LogP contribution in [-0.2, 0) is 48.0 Å². The Balaban J connectivity index is 1.42. The molecular formula is C45H56N8O7. The number of fused-ring (bicyclic) bond motifs is 2. The molecule has 8 N–H and O–H groups in total. The van der Waals surface area contributed by atoms with Crippen molar-refractivity contribution in [3.63, 3.8) is 0 Å². The van der Waals surface area contributed by atoms with Crippen LogP contribution in [0.15, 0.2) is 91.1 Å². The van der Waals surface area contributed by atoms with Crippen molar-refractivity contribution in [2.75, 3.05) is 20.1 Å². The van der Waals surface area contributed by atoms with Crippen LogP contribution >= 0.6 is 0 Å². The van der Waals surface area contributed by atoms with Crippen molar-refractivity contribution >= 4 is 46.3 Å². The number of para-hydroxylation sites is 1. The molecule has 0 bridgehead atoms. The molecule has 3 heterocycles. The number of hydrogen-bond acceptors (Lipinski definition) is 8. The van der Waals surface area contributed by atoms with Gasteiger partial charge in [0.05, 0.1) is 6.10 Å². The molecule has 0 spiro atoms. The Morgan fingerprint density at radius 1 is 0.700 bits per heavy atom. The second-order valence-electron chi connectivity index (χ2n) is 15.8. The summed E-state index contributed by atoms with van der Waals surface area (Å²) in [4.78, 5) is 92.5. The van der Waals surface area contributed by atoms with Crippen LogP contribution in [-0.4, -0.2) is 118 Å². The van der Waals surface area contributed by atoms with E-state index < -0.39 is 77.8 Å². The Morgan fingerprint density at radius 3 is 1.95 bits per heavy atom. The first kappa shape index (κ1) is 43.5. The Morgan fingerprint density at radius 2 is 1.28 bits per heavy atom. The zero-order valence-corrected chi connectivity index (χ0v) is 34.1. The standard InChI is InChI=1S/C45H56N8O7/c1-28(54)39-45(60)52(2)38(25-30-16-7-4-8-17-30)44(59)53-23-13-21-37(53)43(58)50-35(24-29-14-5-3-6-15-29)41(56)49-36(26-31-27-47-33-19-10-9-18-32(31)33)42(57)48-34(40(55)51-39)20-11-12-22-46/h3-10,14-19,27-28,34-39,47,54H,11-13,20-26,46H2,1-2H3,(H,48,57)(H,49,56)(H,50,58)(H,51,55)/t28-,34+,35+,36-,37+,38+,39+/m1/s1. The van der Waals surface area contributed by atoms with Gasteiger partial charge in [0, 0.05) is 50.0 Å². The van der Waals surface area contributed by atoms with Crippen molar-refractivity contribution in [3.05, 3.63) is 108 Å². The Hall–Kier alpha value is -6.06. The van der Waals surface area contributed by atoms with Gasteiger partial charge in [-0.25, -0.2) is 0 Å². The average molecular weight is 821 g/mol. The van der Waals surface area contributed by atoms with E-state index in [9.17, 15) is 33.9 Å². The lowest BCUT2D eigenvalue weighted by atomic mass is 9.99. The smallest absolute Gasteiger partial charge is 0.248 e. The van der Waals surface area contributed by atoms with Crippen molar-refractivity contribution in [1.82, 2.24) is 36.1 Å². The number of carbonyl (C=O) groups excluding carboxylic acids is 6. The number of hydrogen-bond donors (Lipinski definition) is 7. The van der Waals surface area contributed by atoms with Crippen molar-refractivity contribution < 1.29 is 33.9 Å². The van der Waals surface area contributed by atoms with Gasteiger partial charge in [-0.15, -0.1) is 0 Å². The van der Waals surface area contributed by atoms with Gasteiger partial charge >= 0.3 is 0 Å². The molecular weight excluding hydrogens is 765 g/mol. The normalized spacial score (nSPS) is 24.2. The number of benzene rings is 3. The number of amides is 6. The van der Waals surface area contributed by atoms with E-state index >= 15 is 0 Å². The molecule has 4 aromatic rings. The molecule has 6 rings (SSSR count). The van der Waals surface area contributed by atoms with Crippen LogP contribution in [0.25, 0.3) is 10.9 Å². The maximum absolute atomic E-state index is 14.7. The number of aliphatic hydroxyl groups excluding tert-OH is 1. The molecule has 0 aliphatic carbocycles. The number of nitrogens with two attached hydrogens (primary N) is 1. The van der Waals surface area contributed by atoms with E-state index in [0.717, 1.165) is 27.6 Å². The summed E-state index contributed by atoms with van der Waals surface area (Å²) in [7, 11) is 1.44. The molecule has 15 nitrogen and oxygen atoms in total. The van der Waals surface area contributed by atoms with Crippen molar-refractivity contribution in [2.45, 2.75) is 101 Å². The first-order valence-corrected chi connectivity index (χ1v) is 20.7. The fraction of sp³-hybridized carbons (Fsp3) is 0.422. The van der Waals surface area contributed by atoms with Crippen LogP contribution in [0.1, 0.15) is 55.7 Å². The largest absolute Gasteiger partial charge is 0.391 e. The second kappa shape index (κ2) is 20.3. The summed E-state index contributed by atoms with van der Waals surface area (Å²) in [5, 5.41) is 23.1. The maximum Gasteiger partial charge on any atom is 0.248 e. The number of H-pyrrole nitrogens is 1. The summed E-state index contributed by atoms with van der Waals surface area (Å²) >= 11 is 0. The third-order valence-corrected chi connectivity index (χ3v) is 11.5. The van der Waals surface area contributed by atoms with Gasteiger partial charge < -0.3 is 46.9 Å². The molecule has 0 saturated carbocycles. The molecule has 1 aromatic heterocycles. The highest BCUT2D eigenvalue weighted by atomic mass is 16.3. The van der Waals surface area contributed by atoms with Gasteiger partial charge in [-0.3, -0.25) is 28.8 Å². The van der Waals surface area contributed by atoms with Gasteiger partial charge in [0.25, 0.3) is 0 Å². The van der Waals surface area contributed by atoms with Crippen LogP contribution < -0.4 is 27.0 Å². The van der Waals surface area contributed by atoms with Crippen LogP contribution in [0.2, 0.25) is 0 Å². The molecule has 3 aromatic carbocycles. The topological polar surface area (TPSA) is 219 Å². The highest BCUT2D eigenvalue weighted by Gasteiger charge is 2.43. The zero-order chi connectivity index (χ0) is 42.8. The van der Waals surface area contributed by atoms with E-state index in [1.54, 1.807) is 6.20 Å².